The van der Waals surface area contributed by atoms with Crippen LogP contribution in [0.25, 0.3) is 0 Å². The van der Waals surface area contributed by atoms with Gasteiger partial charge in [-0.05, 0) is 0 Å². The second-order valence-corrected chi connectivity index (χ2v) is 7.80. The molecule has 1 rings (SSSR count). The van der Waals surface area contributed by atoms with Crippen LogP contribution < -0.4 is 5.30 Å². The van der Waals surface area contributed by atoms with Crippen LogP contribution in [0.3, 0.4) is 0 Å². The van der Waals surface area contributed by atoms with Crippen molar-refractivity contribution >= 4 is 12.4 Å². The van der Waals surface area contributed by atoms with Gasteiger partial charge in [0.05, 0.1) is 0 Å². The van der Waals surface area contributed by atoms with Gasteiger partial charge in [0.15, 0.2) is 0 Å². The second kappa shape index (κ2) is 2.28. The Morgan fingerprint density at radius 1 is 1.00 bits per heavy atom. The van der Waals surface area contributed by atoms with E-state index in [1.807, 2.05) is 6.07 Å². The topological polar surface area (TPSA) is 40.5 Å². The molecule has 1 aromatic rings. The molecule has 0 fully saturated rings. The number of rotatable bonds is 1. The summed E-state index contributed by atoms with van der Waals surface area (Å²) in [5.74, 6) is 0. The summed E-state index contributed by atoms with van der Waals surface area (Å²) in [5, 5.41) is 0.624. The summed E-state index contributed by atoms with van der Waals surface area (Å²) in [5.41, 5.74) is 0. The maximum atomic E-state index is 9.64. The molecule has 0 aromatic heterocycles. The minimum atomic E-state index is -3.49. The zero-order valence-electron chi connectivity index (χ0n) is 6.73. The van der Waals surface area contributed by atoms with Crippen LogP contribution in [0.5, 0.6) is 0 Å². The molecule has 62 valence electrons. The molecule has 0 radical (unpaired) electrons. The molecule has 0 unspecified atom stereocenters. The van der Waals surface area contributed by atoms with Crippen LogP contribution in [0.2, 0.25) is 0 Å². The predicted molar refractivity (Wildman–Crippen MR) is 49.3 cm³/mol. The molecule has 0 saturated heterocycles. The quantitative estimate of drug-likeness (QED) is 0.619. The molecule has 0 aliphatic carbocycles. The van der Waals surface area contributed by atoms with E-state index in [1.165, 1.54) is 13.3 Å². The fourth-order valence-electron chi connectivity index (χ4n) is 0.859. The van der Waals surface area contributed by atoms with Crippen molar-refractivity contribution in [1.29, 1.82) is 0 Å². The summed E-state index contributed by atoms with van der Waals surface area (Å²) in [6.07, 6.45) is 0. The third-order valence-corrected chi connectivity index (χ3v) is 3.30. The molecule has 0 bridgehead atoms. The van der Waals surface area contributed by atoms with Crippen LogP contribution in [-0.4, -0.2) is 23.1 Å². The third-order valence-electron chi connectivity index (χ3n) is 1.50. The van der Waals surface area contributed by atoms with E-state index in [9.17, 15) is 9.79 Å². The zero-order valence-corrected chi connectivity index (χ0v) is 7.62. The molecule has 11 heavy (non-hydrogen) atoms. The summed E-state index contributed by atoms with van der Waals surface area (Å²) in [4.78, 5) is 19.3. The average Bonchev–Trinajstić information content (AvgIpc) is 1.86. The van der Waals surface area contributed by atoms with Crippen molar-refractivity contribution in [3.63, 3.8) is 0 Å². The summed E-state index contributed by atoms with van der Waals surface area (Å²) >= 11 is 0. The average molecular weight is 172 g/mol. The van der Waals surface area contributed by atoms with Gasteiger partial charge < -0.3 is 0 Å². The van der Waals surface area contributed by atoms with Crippen LogP contribution in [0.1, 0.15) is 0 Å². The number of hydrogen-bond acceptors (Lipinski definition) is 2. The van der Waals surface area contributed by atoms with Crippen molar-refractivity contribution in [3.05, 3.63) is 30.3 Å². The maximum absolute atomic E-state index is 9.64. The van der Waals surface area contributed by atoms with Gasteiger partial charge in [0, 0.05) is 0 Å². The van der Waals surface area contributed by atoms with Crippen LogP contribution in [0, 0.1) is 0 Å². The summed E-state index contributed by atoms with van der Waals surface area (Å²) in [6, 6.07) is 8.92. The van der Waals surface area contributed by atoms with E-state index < -0.39 is 7.06 Å². The molecule has 0 aliphatic heterocycles. The molecule has 0 spiro atoms. The van der Waals surface area contributed by atoms with Crippen molar-refractivity contribution in [1.82, 2.24) is 0 Å². The van der Waals surface area contributed by atoms with E-state index in [0.717, 1.165) is 0 Å². The molecule has 1 aromatic carbocycles. The molecule has 0 aliphatic rings. The van der Waals surface area contributed by atoms with E-state index in [0.29, 0.717) is 5.30 Å². The zero-order chi connectivity index (χ0) is 8.56. The Labute approximate surface area is 66.6 Å². The second-order valence-electron chi connectivity index (χ2n) is 3.32. The van der Waals surface area contributed by atoms with Crippen LogP contribution in [0.4, 0.5) is 0 Å². The van der Waals surface area contributed by atoms with Gasteiger partial charge in [0.2, 0.25) is 0 Å². The van der Waals surface area contributed by atoms with Crippen LogP contribution >= 0.6 is 7.06 Å². The molecule has 0 atom stereocenters. The van der Waals surface area contributed by atoms with E-state index in [4.69, 9.17) is 0 Å². The first-order chi connectivity index (χ1) is 4.86. The Bertz CT molecular complexity index is 239. The first-order valence-electron chi connectivity index (χ1n) is 3.43. The van der Waals surface area contributed by atoms with Crippen LogP contribution in [-0.2, 0) is 0 Å². The summed E-state index contributed by atoms with van der Waals surface area (Å²) in [6.45, 7) is 2.97. The van der Waals surface area contributed by atoms with Gasteiger partial charge in [-0.1, -0.05) is 0 Å². The van der Waals surface area contributed by atoms with Gasteiger partial charge in [-0.15, -0.1) is 0 Å². The van der Waals surface area contributed by atoms with Crippen molar-refractivity contribution in [2.45, 2.75) is 0 Å². The Morgan fingerprint density at radius 2 is 1.45 bits per heavy atom. The molecule has 3 heteroatoms. The standard InChI is InChI=1S/C8H13O2P/c1-11(2,9,10)8-6-4-3-5-7-8/h3-7,9-10H,1-2H3. The SMILES string of the molecule is CP(C)(O)(O)c1ccccc1. The predicted octanol–water partition coefficient (Wildman–Crippen LogP) is 0.939. The first-order valence-corrected chi connectivity index (χ1v) is 6.46. The van der Waals surface area contributed by atoms with Gasteiger partial charge in [-0.25, -0.2) is 0 Å². The molecule has 0 heterocycles. The Balaban J connectivity index is 3.14. The Morgan fingerprint density at radius 3 is 1.73 bits per heavy atom. The summed E-state index contributed by atoms with van der Waals surface area (Å²) in [7, 11) is -3.49. The number of benzene rings is 1. The van der Waals surface area contributed by atoms with Gasteiger partial charge in [0.1, 0.15) is 0 Å². The van der Waals surface area contributed by atoms with Crippen molar-refractivity contribution in [2.24, 2.45) is 0 Å². The third kappa shape index (κ3) is 2.26. The van der Waals surface area contributed by atoms with E-state index in [1.54, 1.807) is 24.3 Å². The monoisotopic (exact) mass is 172 g/mol. The fourth-order valence-corrected chi connectivity index (χ4v) is 1.89. The van der Waals surface area contributed by atoms with Gasteiger partial charge in [-0.3, -0.25) is 0 Å². The molecule has 2 N–H and O–H groups in total. The van der Waals surface area contributed by atoms with E-state index >= 15 is 0 Å². The minimum absolute atomic E-state index is 0.624. The molecule has 0 amide bonds. The van der Waals surface area contributed by atoms with Crippen molar-refractivity contribution in [3.8, 4) is 0 Å². The molecule has 2 nitrogen and oxygen atoms in total. The summed E-state index contributed by atoms with van der Waals surface area (Å²) < 4.78 is 0. The van der Waals surface area contributed by atoms with Crippen LogP contribution in [0.15, 0.2) is 30.3 Å². The van der Waals surface area contributed by atoms with Gasteiger partial charge in [-0.2, -0.15) is 0 Å². The molecular weight excluding hydrogens is 159 g/mol. The Kier molecular flexibility index (Phi) is 1.79. The fraction of sp³-hybridized carbons (Fsp3) is 0.250. The van der Waals surface area contributed by atoms with Gasteiger partial charge in [0.25, 0.3) is 0 Å². The van der Waals surface area contributed by atoms with Crippen molar-refractivity contribution in [2.75, 3.05) is 13.3 Å². The van der Waals surface area contributed by atoms with E-state index in [2.05, 4.69) is 0 Å². The molecular formula is C8H13O2P. The van der Waals surface area contributed by atoms with Crippen molar-refractivity contribution < 1.29 is 9.79 Å². The van der Waals surface area contributed by atoms with Gasteiger partial charge >= 0.3 is 65.8 Å². The van der Waals surface area contributed by atoms with E-state index in [-0.39, 0.29) is 0 Å². The normalized spacial score (nSPS) is 15.5. The first kappa shape index (κ1) is 8.66. The Hall–Kier alpha value is -0.430. The number of hydrogen-bond donors (Lipinski definition) is 2. The molecule has 0 saturated carbocycles.